The van der Waals surface area contributed by atoms with Crippen LogP contribution in [0, 0.1) is 0 Å². The molecule has 2 aliphatic rings. The lowest BCUT2D eigenvalue weighted by Crippen LogP contribution is -2.44. The van der Waals surface area contributed by atoms with Gasteiger partial charge in [-0.3, -0.25) is 4.79 Å². The maximum atomic E-state index is 12.9. The zero-order valence-electron chi connectivity index (χ0n) is 19.7. The number of nitrogens with one attached hydrogen (secondary N) is 1. The Morgan fingerprint density at radius 1 is 1.09 bits per heavy atom. The molecule has 0 bridgehead atoms. The van der Waals surface area contributed by atoms with Gasteiger partial charge < -0.3 is 25.8 Å². The number of carbonyl (C=O) groups is 1. The highest BCUT2D eigenvalue weighted by Crippen LogP contribution is 2.28. The number of aromatic nitrogens is 1. The van der Waals surface area contributed by atoms with Crippen molar-refractivity contribution in [2.75, 3.05) is 50.5 Å². The maximum Gasteiger partial charge on any atom is 0.253 e. The molecule has 2 aliphatic heterocycles. The molecule has 3 N–H and O–H groups in total. The Morgan fingerprint density at radius 2 is 1.79 bits per heavy atom. The predicted molar refractivity (Wildman–Crippen MR) is 134 cm³/mol. The average Bonchev–Trinajstić information content (AvgIpc) is 2.85. The number of piperidine rings is 2. The summed E-state index contributed by atoms with van der Waals surface area (Å²) in [5, 5.41) is 3.12. The molecule has 2 fully saturated rings. The van der Waals surface area contributed by atoms with Crippen molar-refractivity contribution in [3.8, 4) is 0 Å². The van der Waals surface area contributed by atoms with Crippen LogP contribution in [-0.4, -0.2) is 73.0 Å². The van der Waals surface area contributed by atoms with E-state index in [1.807, 2.05) is 48.3 Å². The van der Waals surface area contributed by atoms with Gasteiger partial charge in [-0.25, -0.2) is 4.98 Å². The molecule has 0 aliphatic carbocycles. The Hall–Kier alpha value is -3.13. The minimum absolute atomic E-state index is 0.0531. The van der Waals surface area contributed by atoms with Crippen LogP contribution >= 0.6 is 0 Å². The molecular formula is C25H35N7O. The molecule has 1 aromatic carbocycles. The number of likely N-dealkylation sites (tertiary alicyclic amines) is 1. The van der Waals surface area contributed by atoms with Crippen LogP contribution in [0.2, 0.25) is 0 Å². The lowest BCUT2D eigenvalue weighted by atomic mass is 10.0. The van der Waals surface area contributed by atoms with Crippen molar-refractivity contribution in [2.45, 2.75) is 38.1 Å². The van der Waals surface area contributed by atoms with Gasteiger partial charge in [0.05, 0.1) is 5.69 Å². The number of anilines is 2. The molecule has 1 aromatic heterocycles. The number of pyridine rings is 1. The van der Waals surface area contributed by atoms with Gasteiger partial charge in [-0.15, -0.1) is 0 Å². The summed E-state index contributed by atoms with van der Waals surface area (Å²) in [4.78, 5) is 28.4. The maximum absolute atomic E-state index is 12.9. The Balaban J connectivity index is 1.40. The fourth-order valence-electron chi connectivity index (χ4n) is 4.59. The zero-order chi connectivity index (χ0) is 23.2. The van der Waals surface area contributed by atoms with Gasteiger partial charge in [0.2, 0.25) is 0 Å². The van der Waals surface area contributed by atoms with Crippen molar-refractivity contribution in [3.05, 3.63) is 48.2 Å². The largest absolute Gasteiger partial charge is 0.369 e. The standard InChI is InChI=1S/C25H35N7O/c1-30-17-12-21(13-18-30)31(2)24(33)19-8-10-20(11-9-19)28-25(26)29-23-22(7-6-14-27-23)32-15-4-3-5-16-32/h6-11,14,21H,3-5,12-13,15-18H2,1-2H3,(H3,26,27,28,29). The summed E-state index contributed by atoms with van der Waals surface area (Å²) in [5.41, 5.74) is 8.66. The van der Waals surface area contributed by atoms with E-state index < -0.39 is 0 Å². The quantitative estimate of drug-likeness (QED) is 0.538. The normalized spacial score (nSPS) is 18.2. The summed E-state index contributed by atoms with van der Waals surface area (Å²) in [6, 6.07) is 11.7. The number of amides is 1. The van der Waals surface area contributed by atoms with Gasteiger partial charge >= 0.3 is 0 Å². The Kier molecular flexibility index (Phi) is 7.44. The second-order valence-electron chi connectivity index (χ2n) is 9.04. The van der Waals surface area contributed by atoms with Gasteiger partial charge in [0.25, 0.3) is 5.91 Å². The molecule has 3 heterocycles. The molecule has 2 saturated heterocycles. The molecule has 0 atom stereocenters. The predicted octanol–water partition coefficient (Wildman–Crippen LogP) is 3.30. The molecule has 2 aromatic rings. The Bertz CT molecular complexity index is 961. The highest BCUT2D eigenvalue weighted by atomic mass is 16.2. The molecule has 176 valence electrons. The third kappa shape index (κ3) is 5.82. The number of hydrogen-bond acceptors (Lipinski definition) is 5. The number of nitrogens with two attached hydrogens (primary N) is 1. The first-order valence-corrected chi connectivity index (χ1v) is 11.9. The van der Waals surface area contributed by atoms with Gasteiger partial charge in [0.1, 0.15) is 0 Å². The van der Waals surface area contributed by atoms with Crippen molar-refractivity contribution >= 4 is 29.1 Å². The smallest absolute Gasteiger partial charge is 0.253 e. The Morgan fingerprint density at radius 3 is 2.48 bits per heavy atom. The number of benzene rings is 1. The van der Waals surface area contributed by atoms with Crippen LogP contribution in [0.4, 0.5) is 17.2 Å². The molecule has 8 heteroatoms. The summed E-state index contributed by atoms with van der Waals surface area (Å²) < 4.78 is 0. The summed E-state index contributed by atoms with van der Waals surface area (Å²) in [5.74, 6) is 0.947. The minimum atomic E-state index is 0.0531. The van der Waals surface area contributed by atoms with E-state index in [9.17, 15) is 4.79 Å². The topological polar surface area (TPSA) is 90.1 Å². The first-order chi connectivity index (χ1) is 16.0. The van der Waals surface area contributed by atoms with Crippen molar-refractivity contribution in [2.24, 2.45) is 10.7 Å². The van der Waals surface area contributed by atoms with E-state index in [2.05, 4.69) is 32.1 Å². The van der Waals surface area contributed by atoms with Crippen LogP contribution in [-0.2, 0) is 0 Å². The number of hydrogen-bond donors (Lipinski definition) is 2. The number of guanidine groups is 1. The fraction of sp³-hybridized carbons (Fsp3) is 0.480. The third-order valence-electron chi connectivity index (χ3n) is 6.65. The van der Waals surface area contributed by atoms with Gasteiger partial charge in [-0.2, -0.15) is 4.99 Å². The van der Waals surface area contributed by atoms with Crippen molar-refractivity contribution in [3.63, 3.8) is 0 Å². The van der Waals surface area contributed by atoms with Gasteiger partial charge in [0.15, 0.2) is 11.8 Å². The van der Waals surface area contributed by atoms with Crippen LogP contribution in [0.5, 0.6) is 0 Å². The summed E-state index contributed by atoms with van der Waals surface area (Å²) >= 11 is 0. The van der Waals surface area contributed by atoms with E-state index in [0.29, 0.717) is 17.4 Å². The number of aliphatic imine (C=N–C) groups is 1. The monoisotopic (exact) mass is 449 g/mol. The Labute approximate surface area is 196 Å². The molecular weight excluding hydrogens is 414 g/mol. The number of nitrogens with zero attached hydrogens (tertiary/aromatic N) is 5. The van der Waals surface area contributed by atoms with Gasteiger partial charge in [0, 0.05) is 43.6 Å². The van der Waals surface area contributed by atoms with Crippen LogP contribution in [0.25, 0.3) is 0 Å². The zero-order valence-corrected chi connectivity index (χ0v) is 19.7. The molecule has 0 unspecified atom stereocenters. The molecule has 4 rings (SSSR count). The summed E-state index contributed by atoms with van der Waals surface area (Å²) in [6.07, 6.45) is 7.40. The van der Waals surface area contributed by atoms with Crippen molar-refractivity contribution < 1.29 is 4.79 Å². The van der Waals surface area contributed by atoms with Gasteiger partial charge in [-0.1, -0.05) is 0 Å². The number of carbonyl (C=O) groups excluding carboxylic acids is 1. The average molecular weight is 450 g/mol. The highest BCUT2D eigenvalue weighted by molar-refractivity contribution is 5.97. The molecule has 1 amide bonds. The highest BCUT2D eigenvalue weighted by Gasteiger charge is 2.24. The van der Waals surface area contributed by atoms with Crippen LogP contribution in [0.1, 0.15) is 42.5 Å². The fourth-order valence-corrected chi connectivity index (χ4v) is 4.59. The van der Waals surface area contributed by atoms with Crippen LogP contribution < -0.4 is 16.0 Å². The lowest BCUT2D eigenvalue weighted by molar-refractivity contribution is 0.0659. The number of rotatable bonds is 5. The SMILES string of the molecule is CN1CCC(N(C)C(=O)c2ccc(NC(N)=Nc3ncccc3N3CCCCC3)cc2)CC1. The van der Waals surface area contributed by atoms with Gasteiger partial charge in [-0.05, 0) is 88.6 Å². The summed E-state index contributed by atoms with van der Waals surface area (Å²) in [6.45, 7) is 4.09. The van der Waals surface area contributed by atoms with E-state index in [0.717, 1.165) is 50.4 Å². The van der Waals surface area contributed by atoms with E-state index in [-0.39, 0.29) is 11.9 Å². The van der Waals surface area contributed by atoms with Crippen molar-refractivity contribution in [1.29, 1.82) is 0 Å². The molecule has 33 heavy (non-hydrogen) atoms. The third-order valence-corrected chi connectivity index (χ3v) is 6.65. The van der Waals surface area contributed by atoms with Crippen LogP contribution in [0.3, 0.4) is 0 Å². The van der Waals surface area contributed by atoms with E-state index in [1.54, 1.807) is 6.20 Å². The lowest BCUT2D eigenvalue weighted by Gasteiger charge is -2.35. The molecule has 0 radical (unpaired) electrons. The van der Waals surface area contributed by atoms with E-state index in [1.165, 1.54) is 19.3 Å². The first kappa shape index (κ1) is 23.0. The van der Waals surface area contributed by atoms with E-state index >= 15 is 0 Å². The van der Waals surface area contributed by atoms with Crippen LogP contribution in [0.15, 0.2) is 47.6 Å². The second-order valence-corrected chi connectivity index (χ2v) is 9.04. The minimum Gasteiger partial charge on any atom is -0.369 e. The molecule has 0 spiro atoms. The van der Waals surface area contributed by atoms with E-state index in [4.69, 9.17) is 5.73 Å². The molecule has 0 saturated carbocycles. The second kappa shape index (κ2) is 10.7. The summed E-state index contributed by atoms with van der Waals surface area (Å²) in [7, 11) is 4.03. The van der Waals surface area contributed by atoms with Crippen molar-refractivity contribution in [1.82, 2.24) is 14.8 Å². The first-order valence-electron chi connectivity index (χ1n) is 11.9. The molecule has 8 nitrogen and oxygen atoms in total.